The van der Waals surface area contributed by atoms with E-state index in [1.165, 1.54) is 24.2 Å². The number of thiophene rings is 1. The largest absolute Gasteiger partial charge is 0.349 e. The highest BCUT2D eigenvalue weighted by molar-refractivity contribution is 7.12. The highest BCUT2D eigenvalue weighted by atomic mass is 35.5. The molecule has 0 saturated heterocycles. The molecule has 14 heavy (non-hydrogen) atoms. The lowest BCUT2D eigenvalue weighted by molar-refractivity contribution is 0.0942. The minimum atomic E-state index is -0.0168. The smallest absolute Gasteiger partial charge is 0.263 e. The zero-order chi connectivity index (χ0) is 9.97. The standard InChI is InChI=1S/C10H12ClNOS/c11-8-5-6-14-9(8)10(13)12-7-3-1-2-4-7/h5-7H,1-4H2,(H,12,13). The van der Waals surface area contributed by atoms with Gasteiger partial charge in [-0.25, -0.2) is 0 Å². The maximum absolute atomic E-state index is 11.7. The first kappa shape index (κ1) is 9.99. The second-order valence-corrected chi connectivity index (χ2v) is 4.88. The van der Waals surface area contributed by atoms with Gasteiger partial charge in [0, 0.05) is 6.04 Å². The Bertz CT molecular complexity index is 331. The van der Waals surface area contributed by atoms with Gasteiger partial charge in [-0.1, -0.05) is 24.4 Å². The summed E-state index contributed by atoms with van der Waals surface area (Å²) in [5, 5.41) is 5.41. The molecule has 0 aliphatic heterocycles. The Labute approximate surface area is 92.3 Å². The Balaban J connectivity index is 1.98. The predicted octanol–water partition coefficient (Wildman–Crippen LogP) is 3.07. The average molecular weight is 230 g/mol. The number of carbonyl (C=O) groups is 1. The topological polar surface area (TPSA) is 29.1 Å². The van der Waals surface area contributed by atoms with Gasteiger partial charge < -0.3 is 5.32 Å². The molecule has 2 nitrogen and oxygen atoms in total. The number of nitrogens with one attached hydrogen (secondary N) is 1. The van der Waals surface area contributed by atoms with Crippen molar-refractivity contribution >= 4 is 28.8 Å². The molecule has 0 spiro atoms. The molecule has 0 unspecified atom stereocenters. The van der Waals surface area contributed by atoms with E-state index in [-0.39, 0.29) is 5.91 Å². The molecule has 1 saturated carbocycles. The van der Waals surface area contributed by atoms with E-state index in [2.05, 4.69) is 5.32 Å². The quantitative estimate of drug-likeness (QED) is 0.830. The lowest BCUT2D eigenvalue weighted by Gasteiger charge is -2.10. The molecule has 1 aromatic heterocycles. The van der Waals surface area contributed by atoms with Crippen LogP contribution in [0.3, 0.4) is 0 Å². The monoisotopic (exact) mass is 229 g/mol. The molecule has 1 N–H and O–H groups in total. The zero-order valence-corrected chi connectivity index (χ0v) is 9.33. The van der Waals surface area contributed by atoms with Gasteiger partial charge in [0.2, 0.25) is 0 Å². The molecule has 1 aliphatic carbocycles. The van der Waals surface area contributed by atoms with Crippen LogP contribution in [0.25, 0.3) is 0 Å². The highest BCUT2D eigenvalue weighted by Crippen LogP contribution is 2.23. The van der Waals surface area contributed by atoms with Crippen LogP contribution in [-0.4, -0.2) is 11.9 Å². The average Bonchev–Trinajstić information content (AvgIpc) is 2.75. The van der Waals surface area contributed by atoms with E-state index in [1.807, 2.05) is 5.38 Å². The summed E-state index contributed by atoms with van der Waals surface area (Å²) >= 11 is 7.27. The van der Waals surface area contributed by atoms with Crippen molar-refractivity contribution in [2.45, 2.75) is 31.7 Å². The van der Waals surface area contributed by atoms with Crippen LogP contribution in [0.2, 0.25) is 5.02 Å². The second kappa shape index (κ2) is 4.32. The van der Waals surface area contributed by atoms with Crippen molar-refractivity contribution in [3.05, 3.63) is 21.3 Å². The first-order valence-electron chi connectivity index (χ1n) is 4.81. The van der Waals surface area contributed by atoms with Gasteiger partial charge in [0.05, 0.1) is 5.02 Å². The zero-order valence-electron chi connectivity index (χ0n) is 7.75. The van der Waals surface area contributed by atoms with Gasteiger partial charge in [0.25, 0.3) is 5.91 Å². The minimum absolute atomic E-state index is 0.0168. The van der Waals surface area contributed by atoms with E-state index in [9.17, 15) is 4.79 Å². The third-order valence-corrected chi connectivity index (χ3v) is 3.85. The number of amides is 1. The van der Waals surface area contributed by atoms with Crippen LogP contribution in [0.15, 0.2) is 11.4 Å². The lowest BCUT2D eigenvalue weighted by Crippen LogP contribution is -2.32. The Morgan fingerprint density at radius 1 is 1.50 bits per heavy atom. The third-order valence-electron chi connectivity index (χ3n) is 2.51. The summed E-state index contributed by atoms with van der Waals surface area (Å²) in [6.07, 6.45) is 4.66. The van der Waals surface area contributed by atoms with Crippen LogP contribution in [0.4, 0.5) is 0 Å². The van der Waals surface area contributed by atoms with Crippen LogP contribution in [0, 0.1) is 0 Å². The second-order valence-electron chi connectivity index (χ2n) is 3.55. The van der Waals surface area contributed by atoms with Crippen LogP contribution in [-0.2, 0) is 0 Å². The fourth-order valence-corrected chi connectivity index (χ4v) is 2.82. The minimum Gasteiger partial charge on any atom is -0.349 e. The SMILES string of the molecule is O=C(NC1CCCC1)c1sccc1Cl. The molecule has 0 bridgehead atoms. The summed E-state index contributed by atoms with van der Waals surface area (Å²) in [7, 11) is 0. The molecule has 76 valence electrons. The number of rotatable bonds is 2. The maximum atomic E-state index is 11.7. The van der Waals surface area contributed by atoms with Crippen molar-refractivity contribution in [2.24, 2.45) is 0 Å². The first-order valence-corrected chi connectivity index (χ1v) is 6.07. The van der Waals surface area contributed by atoms with Crippen molar-refractivity contribution in [1.82, 2.24) is 5.32 Å². The van der Waals surface area contributed by atoms with Gasteiger partial charge in [-0.2, -0.15) is 0 Å². The highest BCUT2D eigenvalue weighted by Gasteiger charge is 2.19. The number of hydrogen-bond acceptors (Lipinski definition) is 2. The molecule has 0 aromatic carbocycles. The van der Waals surface area contributed by atoms with E-state index >= 15 is 0 Å². The van der Waals surface area contributed by atoms with Crippen LogP contribution in [0.1, 0.15) is 35.4 Å². The molecular formula is C10H12ClNOS. The Morgan fingerprint density at radius 2 is 2.21 bits per heavy atom. The third kappa shape index (κ3) is 2.10. The molecule has 4 heteroatoms. The lowest BCUT2D eigenvalue weighted by atomic mass is 10.2. The fourth-order valence-electron chi connectivity index (χ4n) is 1.78. The molecular weight excluding hydrogens is 218 g/mol. The van der Waals surface area contributed by atoms with Gasteiger partial charge >= 0.3 is 0 Å². The van der Waals surface area contributed by atoms with Crippen molar-refractivity contribution in [1.29, 1.82) is 0 Å². The Hall–Kier alpha value is -0.540. The normalized spacial score (nSPS) is 17.2. The summed E-state index contributed by atoms with van der Waals surface area (Å²) in [4.78, 5) is 12.3. The molecule has 1 aromatic rings. The molecule has 1 amide bonds. The Morgan fingerprint density at radius 3 is 2.79 bits per heavy atom. The summed E-state index contributed by atoms with van der Waals surface area (Å²) in [5.41, 5.74) is 0. The van der Waals surface area contributed by atoms with Crippen LogP contribution >= 0.6 is 22.9 Å². The van der Waals surface area contributed by atoms with Crippen molar-refractivity contribution in [3.8, 4) is 0 Å². The Kier molecular flexibility index (Phi) is 3.08. The molecule has 1 heterocycles. The first-order chi connectivity index (χ1) is 6.77. The van der Waals surface area contributed by atoms with Gasteiger partial charge in [-0.15, -0.1) is 11.3 Å². The summed E-state index contributed by atoms with van der Waals surface area (Å²) < 4.78 is 0. The summed E-state index contributed by atoms with van der Waals surface area (Å²) in [5.74, 6) is -0.0168. The number of hydrogen-bond donors (Lipinski definition) is 1. The summed E-state index contributed by atoms with van der Waals surface area (Å²) in [6, 6.07) is 2.12. The van der Waals surface area contributed by atoms with Crippen molar-refractivity contribution in [3.63, 3.8) is 0 Å². The molecule has 0 atom stereocenters. The molecule has 1 aliphatic rings. The molecule has 1 fully saturated rings. The number of carbonyl (C=O) groups excluding carboxylic acids is 1. The van der Waals surface area contributed by atoms with Crippen LogP contribution < -0.4 is 5.32 Å². The van der Waals surface area contributed by atoms with Gasteiger partial charge in [0.15, 0.2) is 0 Å². The van der Waals surface area contributed by atoms with E-state index in [4.69, 9.17) is 11.6 Å². The van der Waals surface area contributed by atoms with E-state index in [0.29, 0.717) is 15.9 Å². The van der Waals surface area contributed by atoms with Crippen LogP contribution in [0.5, 0.6) is 0 Å². The summed E-state index contributed by atoms with van der Waals surface area (Å²) in [6.45, 7) is 0. The molecule has 0 radical (unpaired) electrons. The van der Waals surface area contributed by atoms with Gasteiger partial charge in [0.1, 0.15) is 4.88 Å². The molecule has 2 rings (SSSR count). The fraction of sp³-hybridized carbons (Fsp3) is 0.500. The van der Waals surface area contributed by atoms with E-state index < -0.39 is 0 Å². The van der Waals surface area contributed by atoms with Gasteiger partial charge in [-0.3, -0.25) is 4.79 Å². The predicted molar refractivity (Wildman–Crippen MR) is 59.1 cm³/mol. The number of halogens is 1. The maximum Gasteiger partial charge on any atom is 0.263 e. The van der Waals surface area contributed by atoms with E-state index in [0.717, 1.165) is 12.8 Å². The van der Waals surface area contributed by atoms with Crippen molar-refractivity contribution in [2.75, 3.05) is 0 Å². The van der Waals surface area contributed by atoms with E-state index in [1.54, 1.807) is 6.07 Å². The van der Waals surface area contributed by atoms with Crippen molar-refractivity contribution < 1.29 is 4.79 Å². The van der Waals surface area contributed by atoms with Gasteiger partial charge in [-0.05, 0) is 24.3 Å².